The lowest BCUT2D eigenvalue weighted by molar-refractivity contribution is -0.205. The first-order valence-electron chi connectivity index (χ1n) is 9.85. The van der Waals surface area contributed by atoms with Gasteiger partial charge >= 0.3 is 12.1 Å². The number of aliphatic carboxylic acids is 1. The number of alkyl halides is 3. The van der Waals surface area contributed by atoms with Crippen molar-refractivity contribution in [2.75, 3.05) is 32.8 Å². The van der Waals surface area contributed by atoms with Gasteiger partial charge in [-0.1, -0.05) is 0 Å². The highest BCUT2D eigenvalue weighted by molar-refractivity contribution is 5.78. The van der Waals surface area contributed by atoms with Crippen LogP contribution in [0.15, 0.2) is 23.0 Å². The van der Waals surface area contributed by atoms with E-state index in [9.17, 15) is 18.0 Å². The predicted octanol–water partition coefficient (Wildman–Crippen LogP) is 2.30. The molecule has 0 bridgehead atoms. The highest BCUT2D eigenvalue weighted by Gasteiger charge is 2.45. The van der Waals surface area contributed by atoms with Crippen molar-refractivity contribution in [1.82, 2.24) is 9.96 Å². The molecule has 8 nitrogen and oxygen atoms in total. The van der Waals surface area contributed by atoms with Gasteiger partial charge < -0.3 is 14.3 Å². The molecule has 168 valence electrons. The maximum Gasteiger partial charge on any atom is 0.490 e. The minimum absolute atomic E-state index is 0.0266. The number of hydrogen-bond donors (Lipinski definition) is 1. The Bertz CT molecular complexity index is 706. The summed E-state index contributed by atoms with van der Waals surface area (Å²) in [5, 5.41) is 8.73. The smallest absolute Gasteiger partial charge is 0.475 e. The summed E-state index contributed by atoms with van der Waals surface area (Å²) in [5.41, 5.74) is 1.14. The van der Waals surface area contributed by atoms with Crippen LogP contribution in [0.5, 0.6) is 0 Å². The van der Waals surface area contributed by atoms with Crippen LogP contribution in [-0.2, 0) is 25.7 Å². The molecule has 3 fully saturated rings. The van der Waals surface area contributed by atoms with Crippen molar-refractivity contribution in [3.63, 3.8) is 0 Å². The molecule has 0 saturated carbocycles. The summed E-state index contributed by atoms with van der Waals surface area (Å²) < 4.78 is 42.8. The molecule has 0 radical (unpaired) electrons. The number of carbonyl (C=O) groups is 2. The number of piperidine rings is 1. The Morgan fingerprint density at radius 2 is 1.97 bits per heavy atom. The molecule has 3 atom stereocenters. The zero-order valence-electron chi connectivity index (χ0n) is 16.3. The Morgan fingerprint density at radius 3 is 2.57 bits per heavy atom. The Hall–Kier alpha value is -2.11. The molecule has 3 aliphatic heterocycles. The molecule has 3 aliphatic rings. The van der Waals surface area contributed by atoms with E-state index in [-0.39, 0.29) is 17.9 Å². The van der Waals surface area contributed by atoms with Crippen LogP contribution in [0, 0.1) is 11.8 Å². The molecule has 1 amide bonds. The molecule has 11 heteroatoms. The third-order valence-corrected chi connectivity index (χ3v) is 5.46. The van der Waals surface area contributed by atoms with E-state index in [1.807, 2.05) is 6.07 Å². The van der Waals surface area contributed by atoms with Crippen LogP contribution in [-0.4, -0.2) is 72.1 Å². The molecule has 1 N–H and O–H groups in total. The predicted molar refractivity (Wildman–Crippen MR) is 95.9 cm³/mol. The Balaban J connectivity index is 0.000000318. The van der Waals surface area contributed by atoms with Crippen LogP contribution >= 0.6 is 0 Å². The van der Waals surface area contributed by atoms with E-state index in [1.165, 1.54) is 0 Å². The van der Waals surface area contributed by atoms with Crippen molar-refractivity contribution < 1.29 is 41.9 Å². The molecule has 0 aliphatic carbocycles. The van der Waals surface area contributed by atoms with Crippen LogP contribution in [0.2, 0.25) is 0 Å². The maximum absolute atomic E-state index is 12.9. The van der Waals surface area contributed by atoms with Gasteiger partial charge in [-0.2, -0.15) is 13.2 Å². The molecule has 0 unspecified atom stereocenters. The summed E-state index contributed by atoms with van der Waals surface area (Å²) in [6.45, 7) is 4.60. The Kier molecular flexibility index (Phi) is 7.37. The van der Waals surface area contributed by atoms with Crippen LogP contribution in [0.3, 0.4) is 0 Å². The minimum atomic E-state index is -5.08. The highest BCUT2D eigenvalue weighted by atomic mass is 19.4. The van der Waals surface area contributed by atoms with E-state index in [4.69, 9.17) is 23.9 Å². The molecule has 0 spiro atoms. The SMILES string of the molecule is O=C(O)C(F)(F)F.O=C([C@H]1CN(Cc2ccoc2)C[C@H]2OCC[C@@H]12)N1CCCCO1. The summed E-state index contributed by atoms with van der Waals surface area (Å²) in [4.78, 5) is 29.7. The molecule has 30 heavy (non-hydrogen) atoms. The van der Waals surface area contributed by atoms with Gasteiger partial charge in [0.25, 0.3) is 5.91 Å². The summed E-state index contributed by atoms with van der Waals surface area (Å²) in [5.74, 6) is -2.32. The molecule has 1 aromatic rings. The van der Waals surface area contributed by atoms with Crippen molar-refractivity contribution in [3.8, 4) is 0 Å². The second-order valence-corrected chi connectivity index (χ2v) is 7.58. The van der Waals surface area contributed by atoms with E-state index < -0.39 is 12.1 Å². The third-order valence-electron chi connectivity index (χ3n) is 5.46. The fraction of sp³-hybridized carbons (Fsp3) is 0.684. The molecular weight excluding hydrogens is 409 g/mol. The van der Waals surface area contributed by atoms with E-state index in [0.29, 0.717) is 12.5 Å². The number of carboxylic acid groups (broad SMARTS) is 1. The second kappa shape index (κ2) is 9.80. The molecular formula is C19H25F3N2O6. The van der Waals surface area contributed by atoms with Gasteiger partial charge in [0.1, 0.15) is 0 Å². The van der Waals surface area contributed by atoms with Crippen LogP contribution in [0.4, 0.5) is 13.2 Å². The average Bonchev–Trinajstić information content (AvgIpc) is 3.39. The summed E-state index contributed by atoms with van der Waals surface area (Å²) in [6, 6.07) is 1.98. The number of fused-ring (bicyclic) bond motifs is 1. The zero-order chi connectivity index (χ0) is 21.7. The number of hydrogen-bond acceptors (Lipinski definition) is 6. The number of nitrogens with zero attached hydrogens (tertiary/aromatic N) is 2. The normalized spacial score (nSPS) is 27.2. The second-order valence-electron chi connectivity index (χ2n) is 7.58. The molecule has 4 rings (SSSR count). The number of carboxylic acids is 1. The molecule has 0 aromatic carbocycles. The third kappa shape index (κ3) is 5.73. The number of ether oxygens (including phenoxy) is 1. The van der Waals surface area contributed by atoms with Gasteiger partial charge in [0.15, 0.2) is 0 Å². The van der Waals surface area contributed by atoms with Gasteiger partial charge in [-0.15, -0.1) is 0 Å². The topological polar surface area (TPSA) is 92.5 Å². The molecule has 3 saturated heterocycles. The van der Waals surface area contributed by atoms with Crippen molar-refractivity contribution in [2.45, 2.75) is 38.1 Å². The number of carbonyl (C=O) groups excluding carboxylic acids is 1. The molecule has 1 aromatic heterocycles. The Morgan fingerprint density at radius 1 is 1.20 bits per heavy atom. The van der Waals surface area contributed by atoms with Gasteiger partial charge in [0, 0.05) is 44.3 Å². The summed E-state index contributed by atoms with van der Waals surface area (Å²) in [7, 11) is 0. The lowest BCUT2D eigenvalue weighted by Gasteiger charge is -2.41. The zero-order valence-corrected chi connectivity index (χ0v) is 16.3. The van der Waals surface area contributed by atoms with Crippen molar-refractivity contribution in [2.24, 2.45) is 11.8 Å². The highest BCUT2D eigenvalue weighted by Crippen LogP contribution is 2.35. The van der Waals surface area contributed by atoms with Crippen molar-refractivity contribution >= 4 is 11.9 Å². The van der Waals surface area contributed by atoms with Gasteiger partial charge in [-0.3, -0.25) is 14.5 Å². The lowest BCUT2D eigenvalue weighted by atomic mass is 9.82. The van der Waals surface area contributed by atoms with Crippen LogP contribution in [0.1, 0.15) is 24.8 Å². The molecule has 4 heterocycles. The number of furan rings is 1. The number of hydroxylamine groups is 2. The van der Waals surface area contributed by atoms with Crippen LogP contribution < -0.4 is 0 Å². The van der Waals surface area contributed by atoms with E-state index in [0.717, 1.165) is 57.6 Å². The summed E-state index contributed by atoms with van der Waals surface area (Å²) >= 11 is 0. The van der Waals surface area contributed by atoms with Crippen molar-refractivity contribution in [1.29, 1.82) is 0 Å². The number of halogens is 3. The summed E-state index contributed by atoms with van der Waals surface area (Å²) in [6.07, 6.45) is 1.59. The van der Waals surface area contributed by atoms with E-state index >= 15 is 0 Å². The van der Waals surface area contributed by atoms with E-state index in [1.54, 1.807) is 17.6 Å². The number of amides is 1. The average molecular weight is 434 g/mol. The fourth-order valence-electron chi connectivity index (χ4n) is 4.04. The number of likely N-dealkylation sites (tertiary alicyclic amines) is 1. The first kappa shape index (κ1) is 22.6. The quantitative estimate of drug-likeness (QED) is 0.781. The van der Waals surface area contributed by atoms with Gasteiger partial charge in [-0.05, 0) is 25.3 Å². The fourth-order valence-corrected chi connectivity index (χ4v) is 4.04. The van der Waals surface area contributed by atoms with E-state index in [2.05, 4.69) is 4.90 Å². The first-order chi connectivity index (χ1) is 14.3. The maximum atomic E-state index is 12.9. The lowest BCUT2D eigenvalue weighted by Crippen LogP contribution is -2.53. The first-order valence-corrected chi connectivity index (χ1v) is 9.85. The largest absolute Gasteiger partial charge is 0.490 e. The van der Waals surface area contributed by atoms with Gasteiger partial charge in [-0.25, -0.2) is 9.86 Å². The van der Waals surface area contributed by atoms with Crippen LogP contribution in [0.25, 0.3) is 0 Å². The van der Waals surface area contributed by atoms with Crippen molar-refractivity contribution in [3.05, 3.63) is 24.2 Å². The number of rotatable bonds is 3. The van der Waals surface area contributed by atoms with Gasteiger partial charge in [0.2, 0.25) is 0 Å². The van der Waals surface area contributed by atoms with Gasteiger partial charge in [0.05, 0.1) is 31.2 Å². The standard InChI is InChI=1S/C17H24N2O4.C2HF3O2/c20-17(19-5-1-2-6-23-19)15-10-18(9-13-3-7-21-12-13)11-16-14(15)4-8-22-16;3-2(4,5)1(6)7/h3,7,12,14-16H,1-2,4-6,8-11H2;(H,6,7)/t14-,15-,16+;/m0./s1. The Labute approximate surface area is 171 Å². The minimum Gasteiger partial charge on any atom is -0.475 e. The monoisotopic (exact) mass is 434 g/mol.